The Morgan fingerprint density at radius 3 is 2.65 bits per heavy atom. The normalized spacial score (nSPS) is 12.0. The number of rotatable bonds is 10. The molecule has 0 radical (unpaired) electrons. The van der Waals surface area contributed by atoms with Crippen molar-refractivity contribution in [2.24, 2.45) is 5.92 Å². The number of hydrogen-bond acceptors (Lipinski definition) is 5. The topological polar surface area (TPSA) is 80.7 Å². The number of nitrogens with one attached hydrogen (secondary N) is 1. The minimum Gasteiger partial charge on any atom is -0.493 e. The van der Waals surface area contributed by atoms with Gasteiger partial charge in [0.15, 0.2) is 11.5 Å². The molecular weight excluding hydrogens is 332 g/mol. The fourth-order valence-electron chi connectivity index (χ4n) is 2.57. The van der Waals surface area contributed by atoms with Crippen LogP contribution in [0.3, 0.4) is 0 Å². The van der Waals surface area contributed by atoms with Crippen molar-refractivity contribution >= 4 is 5.97 Å². The van der Waals surface area contributed by atoms with Crippen LogP contribution in [0.5, 0.6) is 11.5 Å². The first-order chi connectivity index (χ1) is 12.5. The maximum Gasteiger partial charge on any atom is 0.320 e. The van der Waals surface area contributed by atoms with Crippen LogP contribution < -0.4 is 14.8 Å². The lowest BCUT2D eigenvalue weighted by Crippen LogP contribution is -2.37. The molecule has 0 saturated heterocycles. The van der Waals surface area contributed by atoms with Crippen molar-refractivity contribution in [1.82, 2.24) is 10.3 Å². The number of hydrogen-bond donors (Lipinski definition) is 2. The highest BCUT2D eigenvalue weighted by molar-refractivity contribution is 5.73. The van der Waals surface area contributed by atoms with E-state index in [4.69, 9.17) is 9.47 Å². The molecule has 1 aromatic heterocycles. The first kappa shape index (κ1) is 19.7. The van der Waals surface area contributed by atoms with E-state index in [0.717, 1.165) is 11.1 Å². The molecule has 6 nitrogen and oxygen atoms in total. The number of carbonyl (C=O) groups is 1. The van der Waals surface area contributed by atoms with E-state index in [0.29, 0.717) is 37.0 Å². The van der Waals surface area contributed by atoms with Crippen molar-refractivity contribution in [1.29, 1.82) is 0 Å². The van der Waals surface area contributed by atoms with Gasteiger partial charge in [-0.25, -0.2) is 0 Å². The zero-order valence-electron chi connectivity index (χ0n) is 15.4. The molecule has 2 N–H and O–H groups in total. The molecule has 0 aliphatic carbocycles. The smallest absolute Gasteiger partial charge is 0.320 e. The molecule has 2 rings (SSSR count). The third-order valence-corrected chi connectivity index (χ3v) is 3.90. The van der Waals surface area contributed by atoms with Gasteiger partial charge < -0.3 is 19.9 Å². The second-order valence-electron chi connectivity index (χ2n) is 6.54. The van der Waals surface area contributed by atoms with E-state index >= 15 is 0 Å². The highest BCUT2D eigenvalue weighted by atomic mass is 16.5. The highest BCUT2D eigenvalue weighted by Gasteiger charge is 2.18. The number of methoxy groups -OCH3 is 1. The first-order valence-electron chi connectivity index (χ1n) is 8.64. The van der Waals surface area contributed by atoms with Crippen molar-refractivity contribution in [3.05, 3.63) is 53.9 Å². The van der Waals surface area contributed by atoms with Crippen LogP contribution in [0.15, 0.2) is 42.7 Å². The second-order valence-corrected chi connectivity index (χ2v) is 6.54. The first-order valence-corrected chi connectivity index (χ1v) is 8.64. The van der Waals surface area contributed by atoms with E-state index in [1.165, 1.54) is 0 Å². The molecule has 0 aliphatic heterocycles. The van der Waals surface area contributed by atoms with Gasteiger partial charge in [-0.1, -0.05) is 26.0 Å². The third kappa shape index (κ3) is 6.04. The monoisotopic (exact) mass is 358 g/mol. The van der Waals surface area contributed by atoms with Crippen molar-refractivity contribution in [3.63, 3.8) is 0 Å². The lowest BCUT2D eigenvalue weighted by molar-refractivity contribution is -0.140. The number of ether oxygens (including phenoxy) is 2. The molecule has 2 aromatic rings. The number of pyridine rings is 1. The van der Waals surface area contributed by atoms with Crippen LogP contribution in [0.4, 0.5) is 0 Å². The maximum absolute atomic E-state index is 11.4. The van der Waals surface area contributed by atoms with Crippen LogP contribution in [0, 0.1) is 5.92 Å². The zero-order chi connectivity index (χ0) is 18.9. The summed E-state index contributed by atoms with van der Waals surface area (Å²) in [5.41, 5.74) is 1.89. The van der Waals surface area contributed by atoms with E-state index in [2.05, 4.69) is 10.3 Å². The van der Waals surface area contributed by atoms with Gasteiger partial charge in [-0.2, -0.15) is 0 Å². The minimum atomic E-state index is -0.833. The van der Waals surface area contributed by atoms with Gasteiger partial charge in [0.2, 0.25) is 0 Å². The molecule has 0 spiro atoms. The van der Waals surface area contributed by atoms with E-state index in [1.807, 2.05) is 44.2 Å². The Balaban J connectivity index is 2.04. The van der Waals surface area contributed by atoms with Crippen molar-refractivity contribution in [2.45, 2.75) is 39.5 Å². The van der Waals surface area contributed by atoms with Gasteiger partial charge >= 0.3 is 5.97 Å². The van der Waals surface area contributed by atoms with Gasteiger partial charge in [0.05, 0.1) is 7.11 Å². The van der Waals surface area contributed by atoms with Crippen LogP contribution in [0.1, 0.15) is 31.4 Å². The summed E-state index contributed by atoms with van der Waals surface area (Å²) in [6, 6.07) is 8.82. The van der Waals surface area contributed by atoms with E-state index in [9.17, 15) is 9.90 Å². The predicted octanol–water partition coefficient (Wildman–Crippen LogP) is 3.26. The summed E-state index contributed by atoms with van der Waals surface area (Å²) >= 11 is 0. The largest absolute Gasteiger partial charge is 0.493 e. The van der Waals surface area contributed by atoms with E-state index in [1.54, 1.807) is 19.5 Å². The van der Waals surface area contributed by atoms with Crippen LogP contribution in [-0.4, -0.2) is 29.2 Å². The Bertz CT molecular complexity index is 704. The molecule has 140 valence electrons. The predicted molar refractivity (Wildman–Crippen MR) is 99.3 cm³/mol. The van der Waals surface area contributed by atoms with Gasteiger partial charge in [0.1, 0.15) is 12.6 Å². The summed E-state index contributed by atoms with van der Waals surface area (Å²) < 4.78 is 11.2. The Labute approximate surface area is 154 Å². The lowest BCUT2D eigenvalue weighted by atomic mass is 10.0. The minimum absolute atomic E-state index is 0.304. The Morgan fingerprint density at radius 1 is 1.23 bits per heavy atom. The summed E-state index contributed by atoms with van der Waals surface area (Å²) in [5, 5.41) is 12.4. The number of benzene rings is 1. The summed E-state index contributed by atoms with van der Waals surface area (Å²) in [6.07, 6.45) is 4.05. The van der Waals surface area contributed by atoms with Gasteiger partial charge in [-0.15, -0.1) is 0 Å². The molecule has 0 amide bonds. The van der Waals surface area contributed by atoms with E-state index in [-0.39, 0.29) is 0 Å². The third-order valence-electron chi connectivity index (χ3n) is 3.90. The summed E-state index contributed by atoms with van der Waals surface area (Å²) in [5.74, 6) is 0.721. The molecular formula is C20H26N2O4. The molecule has 0 fully saturated rings. The van der Waals surface area contributed by atoms with Crippen LogP contribution in [0.25, 0.3) is 0 Å². The zero-order valence-corrected chi connectivity index (χ0v) is 15.4. The van der Waals surface area contributed by atoms with Crippen LogP contribution in [-0.2, 0) is 17.9 Å². The molecule has 0 bridgehead atoms. The number of nitrogens with zero attached hydrogens (tertiary/aromatic N) is 1. The molecule has 0 aliphatic rings. The second kappa shape index (κ2) is 9.77. The van der Waals surface area contributed by atoms with Crippen molar-refractivity contribution in [3.8, 4) is 11.5 Å². The molecule has 1 unspecified atom stereocenters. The quantitative estimate of drug-likeness (QED) is 0.678. The van der Waals surface area contributed by atoms with Crippen LogP contribution in [0.2, 0.25) is 0 Å². The highest BCUT2D eigenvalue weighted by Crippen LogP contribution is 2.29. The number of aromatic nitrogens is 1. The number of aliphatic carboxylic acids is 1. The fraction of sp³-hybridized carbons (Fsp3) is 0.400. The summed E-state index contributed by atoms with van der Waals surface area (Å²) in [4.78, 5) is 15.4. The van der Waals surface area contributed by atoms with Crippen LogP contribution >= 0.6 is 0 Å². The Morgan fingerprint density at radius 2 is 2.04 bits per heavy atom. The number of carboxylic acids is 1. The Kier molecular flexibility index (Phi) is 7.41. The molecule has 1 aromatic carbocycles. The standard InChI is InChI=1S/C20H26N2O4/c1-14(2)9-17(20(23)24)22-12-15-6-7-18(25-3)19(10-15)26-13-16-5-4-8-21-11-16/h4-8,10-11,14,17,22H,9,12-13H2,1-3H3,(H,23,24). The molecule has 1 heterocycles. The fourth-order valence-corrected chi connectivity index (χ4v) is 2.57. The van der Waals surface area contributed by atoms with Gasteiger partial charge in [-0.3, -0.25) is 9.78 Å². The number of carboxylic acid groups (broad SMARTS) is 1. The molecule has 6 heteroatoms. The maximum atomic E-state index is 11.4. The average Bonchev–Trinajstić information content (AvgIpc) is 2.63. The van der Waals surface area contributed by atoms with Crippen molar-refractivity contribution < 1.29 is 19.4 Å². The summed E-state index contributed by atoms with van der Waals surface area (Å²) in [6.45, 7) is 4.84. The SMILES string of the molecule is COc1ccc(CNC(CC(C)C)C(=O)O)cc1OCc1cccnc1. The molecule has 0 saturated carbocycles. The van der Waals surface area contributed by atoms with E-state index < -0.39 is 12.0 Å². The van der Waals surface area contributed by atoms with Crippen molar-refractivity contribution in [2.75, 3.05) is 7.11 Å². The van der Waals surface area contributed by atoms with Gasteiger partial charge in [0.25, 0.3) is 0 Å². The van der Waals surface area contributed by atoms with Gasteiger partial charge in [-0.05, 0) is 36.1 Å². The Hall–Kier alpha value is -2.60. The summed E-state index contributed by atoms with van der Waals surface area (Å²) in [7, 11) is 1.59. The molecule has 1 atom stereocenters. The van der Waals surface area contributed by atoms with Gasteiger partial charge in [0, 0.05) is 24.5 Å². The average molecular weight is 358 g/mol. The molecule has 26 heavy (non-hydrogen) atoms. The lowest BCUT2D eigenvalue weighted by Gasteiger charge is -2.17.